The number of esters is 1. The maximum absolute atomic E-state index is 12.1. The van der Waals surface area contributed by atoms with Gasteiger partial charge < -0.3 is 4.74 Å². The Morgan fingerprint density at radius 1 is 1.16 bits per heavy atom. The molecule has 0 aliphatic rings. The molecule has 0 saturated carbocycles. The summed E-state index contributed by atoms with van der Waals surface area (Å²) in [6.45, 7) is 2.09. The Morgan fingerprint density at radius 3 is 2.42 bits per heavy atom. The van der Waals surface area contributed by atoms with Gasteiger partial charge in [-0.1, -0.05) is 50.1 Å². The van der Waals surface area contributed by atoms with Crippen molar-refractivity contribution in [3.05, 3.63) is 35.9 Å². The van der Waals surface area contributed by atoms with Gasteiger partial charge in [0.25, 0.3) is 0 Å². The van der Waals surface area contributed by atoms with Crippen LogP contribution in [0.3, 0.4) is 0 Å². The quantitative estimate of drug-likeness (QED) is 0.410. The summed E-state index contributed by atoms with van der Waals surface area (Å²) in [6, 6.07) is 9.58. The topological polar surface area (TPSA) is 43.4 Å². The molecule has 0 aliphatic heterocycles. The average Bonchev–Trinajstić information content (AvgIpc) is 2.45. The lowest BCUT2D eigenvalue weighted by atomic mass is 9.92. The highest BCUT2D eigenvalue weighted by atomic mass is 16.5. The Labute approximate surface area is 115 Å². The van der Waals surface area contributed by atoms with E-state index in [0.29, 0.717) is 12.8 Å². The Kier molecular flexibility index (Phi) is 6.86. The number of rotatable bonds is 8. The highest BCUT2D eigenvalue weighted by Gasteiger charge is 2.26. The zero-order valence-electron chi connectivity index (χ0n) is 11.7. The minimum atomic E-state index is -0.663. The van der Waals surface area contributed by atoms with Crippen molar-refractivity contribution in [3.63, 3.8) is 0 Å². The third-order valence-electron chi connectivity index (χ3n) is 3.18. The Hall–Kier alpha value is -1.64. The molecule has 1 aromatic carbocycles. The van der Waals surface area contributed by atoms with Gasteiger partial charge in [-0.3, -0.25) is 9.59 Å². The van der Waals surface area contributed by atoms with Crippen LogP contribution in [0.4, 0.5) is 0 Å². The highest BCUT2D eigenvalue weighted by Crippen LogP contribution is 2.15. The van der Waals surface area contributed by atoms with E-state index in [0.717, 1.165) is 24.8 Å². The molecule has 1 aromatic rings. The molecule has 1 atom stereocenters. The van der Waals surface area contributed by atoms with Crippen LogP contribution in [0.1, 0.15) is 38.2 Å². The smallest absolute Gasteiger partial charge is 0.316 e. The number of unbranched alkanes of at least 4 members (excludes halogenated alkanes) is 2. The summed E-state index contributed by atoms with van der Waals surface area (Å²) >= 11 is 0. The van der Waals surface area contributed by atoms with Crippen LogP contribution in [0.5, 0.6) is 0 Å². The van der Waals surface area contributed by atoms with Gasteiger partial charge >= 0.3 is 5.97 Å². The first-order chi connectivity index (χ1) is 9.19. The van der Waals surface area contributed by atoms with Crippen molar-refractivity contribution >= 4 is 11.8 Å². The van der Waals surface area contributed by atoms with Crippen molar-refractivity contribution in [3.8, 4) is 0 Å². The first-order valence-electron chi connectivity index (χ1n) is 6.83. The van der Waals surface area contributed by atoms with Crippen molar-refractivity contribution < 1.29 is 14.3 Å². The van der Waals surface area contributed by atoms with Crippen LogP contribution in [0, 0.1) is 5.92 Å². The van der Waals surface area contributed by atoms with Gasteiger partial charge in [-0.15, -0.1) is 0 Å². The molecule has 1 unspecified atom stereocenters. The lowest BCUT2D eigenvalue weighted by Crippen LogP contribution is -2.27. The zero-order chi connectivity index (χ0) is 14.1. The molecule has 1 rings (SSSR count). The van der Waals surface area contributed by atoms with Gasteiger partial charge in [-0.2, -0.15) is 0 Å². The van der Waals surface area contributed by atoms with Gasteiger partial charge in [0.15, 0.2) is 0 Å². The van der Waals surface area contributed by atoms with Crippen LogP contribution in [-0.4, -0.2) is 18.9 Å². The summed E-state index contributed by atoms with van der Waals surface area (Å²) in [5.41, 5.74) is 0.988. The normalized spacial score (nSPS) is 11.9. The summed E-state index contributed by atoms with van der Waals surface area (Å²) in [6.07, 6.45) is 3.82. The van der Waals surface area contributed by atoms with E-state index in [9.17, 15) is 9.59 Å². The molecular weight excluding hydrogens is 240 g/mol. The minimum Gasteiger partial charge on any atom is -0.468 e. The third-order valence-corrected chi connectivity index (χ3v) is 3.18. The number of hydrogen-bond acceptors (Lipinski definition) is 3. The summed E-state index contributed by atoms with van der Waals surface area (Å²) in [5.74, 6) is -1.10. The first kappa shape index (κ1) is 15.4. The van der Waals surface area contributed by atoms with Crippen molar-refractivity contribution in [1.29, 1.82) is 0 Å². The van der Waals surface area contributed by atoms with Gasteiger partial charge in [0.05, 0.1) is 7.11 Å². The van der Waals surface area contributed by atoms with Crippen molar-refractivity contribution in [1.82, 2.24) is 0 Å². The Morgan fingerprint density at radius 2 is 1.84 bits per heavy atom. The molecular formula is C16H22O3. The summed E-state index contributed by atoms with van der Waals surface area (Å²) in [7, 11) is 1.33. The molecule has 0 saturated heterocycles. The monoisotopic (exact) mass is 262 g/mol. The number of carbonyl (C=O) groups is 2. The van der Waals surface area contributed by atoms with E-state index in [4.69, 9.17) is 4.74 Å². The fourth-order valence-electron chi connectivity index (χ4n) is 2.04. The van der Waals surface area contributed by atoms with Crippen molar-refractivity contribution in [2.45, 2.75) is 39.0 Å². The average molecular weight is 262 g/mol. The predicted octanol–water partition coefficient (Wildman–Crippen LogP) is 3.17. The molecule has 0 fully saturated rings. The van der Waals surface area contributed by atoms with Gasteiger partial charge in [-0.05, 0) is 18.4 Å². The number of ether oxygens (including phenoxy) is 1. The second-order valence-corrected chi connectivity index (χ2v) is 4.69. The fourth-order valence-corrected chi connectivity index (χ4v) is 2.04. The molecule has 0 radical (unpaired) electrons. The molecule has 19 heavy (non-hydrogen) atoms. The van der Waals surface area contributed by atoms with Crippen LogP contribution >= 0.6 is 0 Å². The highest BCUT2D eigenvalue weighted by molar-refractivity contribution is 5.99. The second-order valence-electron chi connectivity index (χ2n) is 4.69. The van der Waals surface area contributed by atoms with E-state index in [1.54, 1.807) is 0 Å². The lowest BCUT2D eigenvalue weighted by Gasteiger charge is -2.13. The van der Waals surface area contributed by atoms with Crippen LogP contribution < -0.4 is 0 Å². The van der Waals surface area contributed by atoms with Gasteiger partial charge in [0, 0.05) is 6.42 Å². The Bertz CT molecular complexity index is 398. The van der Waals surface area contributed by atoms with Crippen LogP contribution in [0.25, 0.3) is 0 Å². The number of ketones is 1. The molecule has 0 spiro atoms. The lowest BCUT2D eigenvalue weighted by molar-refractivity contribution is -0.149. The summed E-state index contributed by atoms with van der Waals surface area (Å²) in [5, 5.41) is 0. The molecule has 3 nitrogen and oxygen atoms in total. The van der Waals surface area contributed by atoms with E-state index in [1.807, 2.05) is 30.3 Å². The maximum Gasteiger partial charge on any atom is 0.316 e. The largest absolute Gasteiger partial charge is 0.468 e. The van der Waals surface area contributed by atoms with Gasteiger partial charge in [0.1, 0.15) is 11.7 Å². The number of Topliss-reactive ketones (excluding diaryl/α,β-unsaturated/α-hetero) is 1. The molecule has 0 aliphatic carbocycles. The molecule has 0 amide bonds. The minimum absolute atomic E-state index is 0.0100. The number of hydrogen-bond donors (Lipinski definition) is 0. The van der Waals surface area contributed by atoms with Crippen LogP contribution in [0.15, 0.2) is 30.3 Å². The van der Waals surface area contributed by atoms with E-state index in [1.165, 1.54) is 7.11 Å². The maximum atomic E-state index is 12.1. The van der Waals surface area contributed by atoms with Crippen molar-refractivity contribution in [2.24, 2.45) is 5.92 Å². The van der Waals surface area contributed by atoms with E-state index in [2.05, 4.69) is 6.92 Å². The first-order valence-corrected chi connectivity index (χ1v) is 6.83. The second kappa shape index (κ2) is 8.46. The Balaban J connectivity index is 2.66. The molecule has 0 N–H and O–H groups in total. The van der Waals surface area contributed by atoms with Gasteiger partial charge in [-0.25, -0.2) is 0 Å². The van der Waals surface area contributed by atoms with E-state index < -0.39 is 11.9 Å². The van der Waals surface area contributed by atoms with Crippen LogP contribution in [-0.2, 0) is 20.7 Å². The molecule has 3 heteroatoms. The fraction of sp³-hybridized carbons (Fsp3) is 0.500. The summed E-state index contributed by atoms with van der Waals surface area (Å²) < 4.78 is 4.75. The number of benzene rings is 1. The molecule has 0 heterocycles. The van der Waals surface area contributed by atoms with Gasteiger partial charge in [0.2, 0.25) is 0 Å². The predicted molar refractivity (Wildman–Crippen MR) is 74.8 cm³/mol. The van der Waals surface area contributed by atoms with Crippen LogP contribution in [0.2, 0.25) is 0 Å². The van der Waals surface area contributed by atoms with E-state index >= 15 is 0 Å². The molecule has 0 aromatic heterocycles. The van der Waals surface area contributed by atoms with E-state index in [-0.39, 0.29) is 5.78 Å². The standard InChI is InChI=1S/C16H22O3/c1-3-4-6-11-15(17)14(16(18)19-2)12-13-9-7-5-8-10-13/h5,7-10,14H,3-4,6,11-12H2,1-2H3. The van der Waals surface area contributed by atoms with Crippen molar-refractivity contribution in [2.75, 3.05) is 7.11 Å². The zero-order valence-corrected chi connectivity index (χ0v) is 11.7. The summed E-state index contributed by atoms with van der Waals surface area (Å²) in [4.78, 5) is 23.9. The third kappa shape index (κ3) is 5.25. The number of methoxy groups -OCH3 is 1. The number of carbonyl (C=O) groups excluding carboxylic acids is 2. The molecule has 0 bridgehead atoms. The SMILES string of the molecule is CCCCCC(=O)C(Cc1ccccc1)C(=O)OC. The molecule has 104 valence electrons.